The number of nitrogens with two attached hydrogens (primary N) is 1. The van der Waals surface area contributed by atoms with Gasteiger partial charge in [0.05, 0.1) is 10.7 Å². The minimum Gasteiger partial charge on any atom is -0.389 e. The zero-order chi connectivity index (χ0) is 13.8. The molecule has 5 heteroatoms. The van der Waals surface area contributed by atoms with Crippen LogP contribution in [0.5, 0.6) is 0 Å². The molecule has 1 heterocycles. The predicted octanol–water partition coefficient (Wildman–Crippen LogP) is 3.29. The van der Waals surface area contributed by atoms with E-state index in [1.165, 1.54) is 5.56 Å². The molecule has 0 aliphatic heterocycles. The maximum Gasteiger partial charge on any atom is 0.104 e. The van der Waals surface area contributed by atoms with Gasteiger partial charge in [-0.15, -0.1) is 0 Å². The highest BCUT2D eigenvalue weighted by Crippen LogP contribution is 2.24. The van der Waals surface area contributed by atoms with Gasteiger partial charge in [-0.1, -0.05) is 23.8 Å². The quantitative estimate of drug-likeness (QED) is 0.849. The molecule has 2 aromatic rings. The van der Waals surface area contributed by atoms with Crippen molar-refractivity contribution in [3.8, 4) is 0 Å². The molecule has 0 unspecified atom stereocenters. The van der Waals surface area contributed by atoms with Gasteiger partial charge in [0, 0.05) is 24.5 Å². The molecule has 0 atom stereocenters. The van der Waals surface area contributed by atoms with Crippen molar-refractivity contribution in [2.75, 3.05) is 5.32 Å². The number of benzene rings is 1. The van der Waals surface area contributed by atoms with Gasteiger partial charge in [-0.3, -0.25) is 4.98 Å². The third-order valence-corrected chi connectivity index (χ3v) is 3.41. The molecule has 0 aliphatic carbocycles. The largest absolute Gasteiger partial charge is 0.389 e. The highest BCUT2D eigenvalue weighted by Gasteiger charge is 2.04. The monoisotopic (exact) mass is 291 g/mol. The van der Waals surface area contributed by atoms with E-state index in [0.29, 0.717) is 16.6 Å². The predicted molar refractivity (Wildman–Crippen MR) is 83.6 cm³/mol. The maximum absolute atomic E-state index is 6.19. The second-order valence-corrected chi connectivity index (χ2v) is 5.06. The summed E-state index contributed by atoms with van der Waals surface area (Å²) in [6.45, 7) is 2.72. The summed E-state index contributed by atoms with van der Waals surface area (Å²) in [7, 11) is 0. The Morgan fingerprint density at radius 2 is 2.21 bits per heavy atom. The Hall–Kier alpha value is -1.65. The smallest absolute Gasteiger partial charge is 0.104 e. The van der Waals surface area contributed by atoms with Gasteiger partial charge in [-0.2, -0.15) is 0 Å². The SMILES string of the molecule is Cc1cnccc1CNc1ccc(C(N)=S)cc1Cl. The molecule has 0 spiro atoms. The second-order valence-electron chi connectivity index (χ2n) is 4.21. The summed E-state index contributed by atoms with van der Waals surface area (Å²) in [5.41, 5.74) is 9.52. The zero-order valence-corrected chi connectivity index (χ0v) is 12.1. The molecule has 0 saturated heterocycles. The number of aryl methyl sites for hydroxylation is 1. The zero-order valence-electron chi connectivity index (χ0n) is 10.5. The van der Waals surface area contributed by atoms with Crippen LogP contribution in [0, 0.1) is 6.92 Å². The van der Waals surface area contributed by atoms with Crippen molar-refractivity contribution in [1.29, 1.82) is 0 Å². The van der Waals surface area contributed by atoms with Crippen molar-refractivity contribution in [2.45, 2.75) is 13.5 Å². The Balaban J connectivity index is 2.12. The fourth-order valence-corrected chi connectivity index (χ4v) is 2.08. The Morgan fingerprint density at radius 3 is 2.84 bits per heavy atom. The first-order valence-corrected chi connectivity index (χ1v) is 6.59. The number of pyridine rings is 1. The summed E-state index contributed by atoms with van der Waals surface area (Å²) >= 11 is 11.1. The lowest BCUT2D eigenvalue weighted by atomic mass is 10.1. The maximum atomic E-state index is 6.19. The number of thiocarbonyl (C=S) groups is 1. The number of aromatic nitrogens is 1. The van der Waals surface area contributed by atoms with Gasteiger partial charge in [0.1, 0.15) is 4.99 Å². The van der Waals surface area contributed by atoms with Crippen LogP contribution in [-0.2, 0) is 6.54 Å². The highest BCUT2D eigenvalue weighted by molar-refractivity contribution is 7.80. The summed E-state index contributed by atoms with van der Waals surface area (Å²) in [5.74, 6) is 0. The number of halogens is 1. The molecular weight excluding hydrogens is 278 g/mol. The molecule has 0 fully saturated rings. The summed E-state index contributed by atoms with van der Waals surface area (Å²) in [6.07, 6.45) is 3.62. The first kappa shape index (κ1) is 13.8. The van der Waals surface area contributed by atoms with Gasteiger partial charge < -0.3 is 11.1 Å². The lowest BCUT2D eigenvalue weighted by Crippen LogP contribution is -2.09. The van der Waals surface area contributed by atoms with Crippen LogP contribution in [0.4, 0.5) is 5.69 Å². The van der Waals surface area contributed by atoms with Crippen LogP contribution in [-0.4, -0.2) is 9.97 Å². The topological polar surface area (TPSA) is 50.9 Å². The molecular formula is C14H14ClN3S. The number of nitrogens with zero attached hydrogens (tertiary/aromatic N) is 1. The normalized spacial score (nSPS) is 10.2. The van der Waals surface area contributed by atoms with E-state index in [1.807, 2.05) is 31.3 Å². The van der Waals surface area contributed by atoms with Gasteiger partial charge in [0.15, 0.2) is 0 Å². The second kappa shape index (κ2) is 5.99. The van der Waals surface area contributed by atoms with Crippen molar-refractivity contribution >= 4 is 34.5 Å². The van der Waals surface area contributed by atoms with Crippen LogP contribution in [0.15, 0.2) is 36.7 Å². The molecule has 0 amide bonds. The van der Waals surface area contributed by atoms with Gasteiger partial charge in [0.25, 0.3) is 0 Å². The molecule has 0 radical (unpaired) electrons. The van der Waals surface area contributed by atoms with Gasteiger partial charge in [0.2, 0.25) is 0 Å². The van der Waals surface area contributed by atoms with Gasteiger partial charge >= 0.3 is 0 Å². The number of hydrogen-bond donors (Lipinski definition) is 2. The van der Waals surface area contributed by atoms with E-state index in [9.17, 15) is 0 Å². The fourth-order valence-electron chi connectivity index (χ4n) is 1.70. The lowest BCUT2D eigenvalue weighted by molar-refractivity contribution is 1.09. The molecule has 0 saturated carbocycles. The van der Waals surface area contributed by atoms with E-state index in [1.54, 1.807) is 12.3 Å². The Bertz CT molecular complexity index is 613. The van der Waals surface area contributed by atoms with Crippen molar-refractivity contribution in [3.63, 3.8) is 0 Å². The minimum atomic E-state index is 0.346. The Labute approximate surface area is 122 Å². The fraction of sp³-hybridized carbons (Fsp3) is 0.143. The average molecular weight is 292 g/mol. The summed E-state index contributed by atoms with van der Waals surface area (Å²) < 4.78 is 0. The molecule has 1 aromatic heterocycles. The third-order valence-electron chi connectivity index (χ3n) is 2.86. The number of hydrogen-bond acceptors (Lipinski definition) is 3. The third kappa shape index (κ3) is 3.43. The molecule has 0 bridgehead atoms. The number of nitrogens with one attached hydrogen (secondary N) is 1. The first-order valence-electron chi connectivity index (χ1n) is 5.80. The van der Waals surface area contributed by atoms with Crippen LogP contribution >= 0.6 is 23.8 Å². The highest BCUT2D eigenvalue weighted by atomic mass is 35.5. The summed E-state index contributed by atoms with van der Waals surface area (Å²) in [4.78, 5) is 4.41. The van der Waals surface area contributed by atoms with E-state index < -0.39 is 0 Å². The van der Waals surface area contributed by atoms with Crippen molar-refractivity contribution in [1.82, 2.24) is 4.98 Å². The minimum absolute atomic E-state index is 0.346. The van der Waals surface area contributed by atoms with E-state index >= 15 is 0 Å². The van der Waals surface area contributed by atoms with Crippen molar-refractivity contribution < 1.29 is 0 Å². The van der Waals surface area contributed by atoms with Gasteiger partial charge in [-0.05, 0) is 42.3 Å². The van der Waals surface area contributed by atoms with Crippen molar-refractivity contribution in [2.24, 2.45) is 5.73 Å². The number of anilines is 1. The average Bonchev–Trinajstić information content (AvgIpc) is 2.39. The molecule has 1 aromatic carbocycles. The molecule has 3 N–H and O–H groups in total. The van der Waals surface area contributed by atoms with Crippen LogP contribution in [0.1, 0.15) is 16.7 Å². The van der Waals surface area contributed by atoms with E-state index in [-0.39, 0.29) is 0 Å². The molecule has 3 nitrogen and oxygen atoms in total. The summed E-state index contributed by atoms with van der Waals surface area (Å²) in [6, 6.07) is 7.49. The Kier molecular flexibility index (Phi) is 4.35. The van der Waals surface area contributed by atoms with Gasteiger partial charge in [-0.25, -0.2) is 0 Å². The molecule has 19 heavy (non-hydrogen) atoms. The lowest BCUT2D eigenvalue weighted by Gasteiger charge is -2.11. The standard InChI is InChI=1S/C14H14ClN3S/c1-9-7-17-5-4-11(9)8-18-13-3-2-10(14(16)19)6-12(13)15/h2-7,18H,8H2,1H3,(H2,16,19). The molecule has 98 valence electrons. The number of rotatable bonds is 4. The van der Waals surface area contributed by atoms with Crippen LogP contribution in [0.2, 0.25) is 5.02 Å². The van der Waals surface area contributed by atoms with Crippen LogP contribution in [0.25, 0.3) is 0 Å². The van der Waals surface area contributed by atoms with E-state index in [0.717, 1.165) is 16.8 Å². The molecule has 0 aliphatic rings. The van der Waals surface area contributed by atoms with Crippen molar-refractivity contribution in [3.05, 3.63) is 58.4 Å². The summed E-state index contributed by atoms with van der Waals surface area (Å²) in [5, 5.41) is 3.90. The van der Waals surface area contributed by atoms with Crippen LogP contribution < -0.4 is 11.1 Å². The van der Waals surface area contributed by atoms with E-state index in [2.05, 4.69) is 10.3 Å². The Morgan fingerprint density at radius 1 is 1.42 bits per heavy atom. The van der Waals surface area contributed by atoms with E-state index in [4.69, 9.17) is 29.6 Å². The first-order chi connectivity index (χ1) is 9.08. The molecule has 2 rings (SSSR count). The van der Waals surface area contributed by atoms with Crippen LogP contribution in [0.3, 0.4) is 0 Å².